The van der Waals surface area contributed by atoms with Crippen LogP contribution in [-0.4, -0.2) is 35.1 Å². The highest BCUT2D eigenvalue weighted by atomic mass is 32.2. The number of methoxy groups -OCH3 is 2. The Labute approximate surface area is 194 Å². The van der Waals surface area contributed by atoms with E-state index in [9.17, 15) is 26.4 Å². The standard InChI is InChI=1S/C23H21F3N2O5S/c1-32-20-13-12-16(14-21(20)33-2)28(34(30,31)17-8-4-3-5-9-17)15-22(29)27-19-11-7-6-10-18(19)23(24,25)26/h3-14H,15H2,1-2H3,(H,27,29). The summed E-state index contributed by atoms with van der Waals surface area (Å²) in [5.41, 5.74) is -1.47. The smallest absolute Gasteiger partial charge is 0.418 e. The minimum atomic E-state index is -4.71. The van der Waals surface area contributed by atoms with Gasteiger partial charge in [-0.05, 0) is 36.4 Å². The van der Waals surface area contributed by atoms with Crippen LogP contribution in [0.3, 0.4) is 0 Å². The molecule has 1 amide bonds. The van der Waals surface area contributed by atoms with Crippen molar-refractivity contribution in [2.45, 2.75) is 11.1 Å². The van der Waals surface area contributed by atoms with E-state index in [1.165, 1.54) is 68.8 Å². The molecule has 0 atom stereocenters. The summed E-state index contributed by atoms with van der Waals surface area (Å²) in [5, 5.41) is 2.17. The van der Waals surface area contributed by atoms with Crippen LogP contribution in [0, 0.1) is 0 Å². The average Bonchev–Trinajstić information content (AvgIpc) is 2.82. The van der Waals surface area contributed by atoms with E-state index in [1.807, 2.05) is 0 Å². The van der Waals surface area contributed by atoms with Crippen LogP contribution < -0.4 is 19.1 Å². The highest BCUT2D eigenvalue weighted by molar-refractivity contribution is 7.92. The molecule has 7 nitrogen and oxygen atoms in total. The maximum absolute atomic E-state index is 13.4. The molecule has 3 aromatic rings. The van der Waals surface area contributed by atoms with E-state index in [2.05, 4.69) is 5.32 Å². The Morgan fingerprint density at radius 2 is 1.53 bits per heavy atom. The number of ether oxygens (including phenoxy) is 2. The molecule has 0 saturated heterocycles. The molecule has 1 N–H and O–H groups in total. The lowest BCUT2D eigenvalue weighted by Gasteiger charge is -2.25. The number of hydrogen-bond donors (Lipinski definition) is 1. The molecule has 0 saturated carbocycles. The van der Waals surface area contributed by atoms with Crippen molar-refractivity contribution < 1.29 is 35.9 Å². The van der Waals surface area contributed by atoms with Crippen LogP contribution in [0.5, 0.6) is 11.5 Å². The largest absolute Gasteiger partial charge is 0.493 e. The topological polar surface area (TPSA) is 84.9 Å². The third kappa shape index (κ3) is 5.42. The Balaban J connectivity index is 2.01. The molecule has 3 aromatic carbocycles. The summed E-state index contributed by atoms with van der Waals surface area (Å²) in [7, 11) is -1.51. The van der Waals surface area contributed by atoms with Gasteiger partial charge in [-0.2, -0.15) is 13.2 Å². The molecule has 0 unspecified atom stereocenters. The fourth-order valence-corrected chi connectivity index (χ4v) is 4.61. The fourth-order valence-electron chi connectivity index (χ4n) is 3.17. The molecule has 0 aliphatic rings. The van der Waals surface area contributed by atoms with E-state index >= 15 is 0 Å². The number of para-hydroxylation sites is 1. The van der Waals surface area contributed by atoms with Gasteiger partial charge in [0.15, 0.2) is 11.5 Å². The number of nitrogens with one attached hydrogen (secondary N) is 1. The zero-order valence-corrected chi connectivity index (χ0v) is 19.0. The Bertz CT molecular complexity index is 1270. The van der Waals surface area contributed by atoms with Gasteiger partial charge < -0.3 is 14.8 Å². The second kappa shape index (κ2) is 10.0. The SMILES string of the molecule is COc1ccc(N(CC(=O)Nc2ccccc2C(F)(F)F)S(=O)(=O)c2ccccc2)cc1OC. The van der Waals surface area contributed by atoms with Gasteiger partial charge in [-0.1, -0.05) is 30.3 Å². The summed E-state index contributed by atoms with van der Waals surface area (Å²) in [5.74, 6) is -0.436. The second-order valence-corrected chi connectivity index (χ2v) is 8.82. The number of sulfonamides is 1. The molecule has 0 aromatic heterocycles. The summed E-state index contributed by atoms with van der Waals surface area (Å²) < 4.78 is 77.9. The Kier molecular flexibility index (Phi) is 7.35. The first-order chi connectivity index (χ1) is 16.1. The van der Waals surface area contributed by atoms with E-state index in [4.69, 9.17) is 9.47 Å². The monoisotopic (exact) mass is 494 g/mol. The van der Waals surface area contributed by atoms with Crippen LogP contribution in [0.25, 0.3) is 0 Å². The van der Waals surface area contributed by atoms with Gasteiger partial charge in [0, 0.05) is 6.07 Å². The van der Waals surface area contributed by atoms with Crippen molar-refractivity contribution >= 4 is 27.3 Å². The number of amides is 1. The molecule has 180 valence electrons. The molecule has 0 aliphatic heterocycles. The number of anilines is 2. The van der Waals surface area contributed by atoms with Gasteiger partial charge in [-0.3, -0.25) is 9.10 Å². The van der Waals surface area contributed by atoms with Gasteiger partial charge in [0.1, 0.15) is 6.54 Å². The molecule has 0 aliphatic carbocycles. The van der Waals surface area contributed by atoms with Gasteiger partial charge in [-0.25, -0.2) is 8.42 Å². The molecule has 3 rings (SSSR count). The lowest BCUT2D eigenvalue weighted by Crippen LogP contribution is -2.38. The lowest BCUT2D eigenvalue weighted by atomic mass is 10.1. The van der Waals surface area contributed by atoms with E-state index in [1.54, 1.807) is 6.07 Å². The lowest BCUT2D eigenvalue weighted by molar-refractivity contribution is -0.137. The number of carbonyl (C=O) groups is 1. The first-order valence-electron chi connectivity index (χ1n) is 9.84. The van der Waals surface area contributed by atoms with Crippen molar-refractivity contribution in [2.75, 3.05) is 30.4 Å². The van der Waals surface area contributed by atoms with Crippen molar-refractivity contribution in [1.82, 2.24) is 0 Å². The predicted molar refractivity (Wildman–Crippen MR) is 121 cm³/mol. The van der Waals surface area contributed by atoms with Gasteiger partial charge in [0.05, 0.1) is 36.1 Å². The summed E-state index contributed by atoms with van der Waals surface area (Å²) in [6.45, 7) is -0.793. The van der Waals surface area contributed by atoms with Gasteiger partial charge in [0.2, 0.25) is 5.91 Å². The zero-order valence-electron chi connectivity index (χ0n) is 18.2. The summed E-state index contributed by atoms with van der Waals surface area (Å²) in [4.78, 5) is 12.7. The maximum Gasteiger partial charge on any atom is 0.418 e. The minimum Gasteiger partial charge on any atom is -0.493 e. The highest BCUT2D eigenvalue weighted by Gasteiger charge is 2.34. The first-order valence-corrected chi connectivity index (χ1v) is 11.3. The van der Waals surface area contributed by atoms with E-state index in [0.29, 0.717) is 5.75 Å². The predicted octanol–water partition coefficient (Wildman–Crippen LogP) is 4.56. The normalized spacial score (nSPS) is 11.6. The number of nitrogens with zero attached hydrogens (tertiary/aromatic N) is 1. The number of rotatable bonds is 8. The van der Waals surface area contributed by atoms with Crippen LogP contribution in [0.1, 0.15) is 5.56 Å². The molecule has 11 heteroatoms. The van der Waals surface area contributed by atoms with Crippen molar-refractivity contribution in [3.05, 3.63) is 78.4 Å². The van der Waals surface area contributed by atoms with Crippen LogP contribution in [-0.2, 0) is 21.0 Å². The Hall–Kier alpha value is -3.73. The zero-order chi connectivity index (χ0) is 24.9. The summed E-state index contributed by atoms with van der Waals surface area (Å²) in [6, 6.07) is 16.0. The summed E-state index contributed by atoms with van der Waals surface area (Å²) >= 11 is 0. The molecule has 0 spiro atoms. The third-order valence-corrected chi connectivity index (χ3v) is 6.57. The molecule has 0 radical (unpaired) electrons. The maximum atomic E-state index is 13.4. The van der Waals surface area contributed by atoms with Gasteiger partial charge in [-0.15, -0.1) is 0 Å². The molecule has 0 heterocycles. The molecular weight excluding hydrogens is 473 g/mol. The molecule has 34 heavy (non-hydrogen) atoms. The van der Waals surface area contributed by atoms with E-state index < -0.39 is 39.9 Å². The number of benzene rings is 3. The quantitative estimate of drug-likeness (QED) is 0.497. The molecular formula is C23H21F3N2O5S. The molecule has 0 bridgehead atoms. The number of alkyl halides is 3. The first kappa shape index (κ1) is 24.9. The Morgan fingerprint density at radius 1 is 0.912 bits per heavy atom. The van der Waals surface area contributed by atoms with Crippen molar-refractivity contribution in [2.24, 2.45) is 0 Å². The van der Waals surface area contributed by atoms with Crippen LogP contribution in [0.2, 0.25) is 0 Å². The fraction of sp³-hybridized carbons (Fsp3) is 0.174. The van der Waals surface area contributed by atoms with E-state index in [0.717, 1.165) is 16.4 Å². The van der Waals surface area contributed by atoms with Crippen LogP contribution in [0.4, 0.5) is 24.5 Å². The third-order valence-electron chi connectivity index (χ3n) is 4.78. The van der Waals surface area contributed by atoms with Crippen molar-refractivity contribution in [3.8, 4) is 11.5 Å². The van der Waals surface area contributed by atoms with Gasteiger partial charge in [0.25, 0.3) is 10.0 Å². The van der Waals surface area contributed by atoms with Crippen molar-refractivity contribution in [3.63, 3.8) is 0 Å². The van der Waals surface area contributed by atoms with E-state index in [-0.39, 0.29) is 16.3 Å². The highest BCUT2D eigenvalue weighted by Crippen LogP contribution is 2.36. The summed E-state index contributed by atoms with van der Waals surface area (Å²) in [6.07, 6.45) is -4.71. The number of halogens is 3. The van der Waals surface area contributed by atoms with Crippen molar-refractivity contribution in [1.29, 1.82) is 0 Å². The van der Waals surface area contributed by atoms with Crippen LogP contribution in [0.15, 0.2) is 77.7 Å². The Morgan fingerprint density at radius 3 is 2.15 bits per heavy atom. The minimum absolute atomic E-state index is 0.0563. The average molecular weight is 494 g/mol. The number of hydrogen-bond acceptors (Lipinski definition) is 5. The van der Waals surface area contributed by atoms with Gasteiger partial charge >= 0.3 is 6.18 Å². The number of carbonyl (C=O) groups excluding carboxylic acids is 1. The second-order valence-electron chi connectivity index (χ2n) is 6.96. The molecule has 0 fully saturated rings. The van der Waals surface area contributed by atoms with Crippen LogP contribution >= 0.6 is 0 Å².